The van der Waals surface area contributed by atoms with Gasteiger partial charge in [0.15, 0.2) is 5.78 Å². The molecule has 0 aromatic heterocycles. The smallest absolute Gasteiger partial charge is 0.201 e. The van der Waals surface area contributed by atoms with Crippen LogP contribution in [-0.4, -0.2) is 49.1 Å². The van der Waals surface area contributed by atoms with E-state index < -0.39 is 5.78 Å². The number of aromatic hydroxyl groups is 2. The topological polar surface area (TPSA) is 74.6 Å². The van der Waals surface area contributed by atoms with Crippen molar-refractivity contribution in [3.05, 3.63) is 58.7 Å². The molecule has 2 aromatic rings. The van der Waals surface area contributed by atoms with Crippen molar-refractivity contribution in [2.45, 2.75) is 0 Å². The summed E-state index contributed by atoms with van der Waals surface area (Å²) >= 11 is 0. The first kappa shape index (κ1) is 13.7. The van der Waals surface area contributed by atoms with E-state index in [2.05, 4.69) is 0 Å². The monoisotopic (exact) mass is 448 g/mol. The minimum absolute atomic E-state index is 0. The molecule has 0 bridgehead atoms. The van der Waals surface area contributed by atoms with Crippen molar-refractivity contribution in [1.29, 1.82) is 0 Å². The molecule has 1 aliphatic rings. The zero-order valence-corrected chi connectivity index (χ0v) is 13.6. The van der Waals surface area contributed by atoms with Crippen LogP contribution in [0.4, 0.5) is 0 Å². The van der Waals surface area contributed by atoms with Crippen molar-refractivity contribution in [2.75, 3.05) is 0 Å². The molecule has 1 aliphatic carbocycles. The molecular formula is C14H8O4Pb. The zero-order valence-electron chi connectivity index (χ0n) is 9.68. The van der Waals surface area contributed by atoms with Crippen LogP contribution in [0.1, 0.15) is 31.8 Å². The Morgan fingerprint density at radius 3 is 1.53 bits per heavy atom. The minimum atomic E-state index is -0.532. The van der Waals surface area contributed by atoms with Crippen molar-refractivity contribution >= 4 is 38.9 Å². The van der Waals surface area contributed by atoms with Crippen molar-refractivity contribution < 1.29 is 19.8 Å². The molecule has 4 radical (unpaired) electrons. The van der Waals surface area contributed by atoms with E-state index >= 15 is 0 Å². The van der Waals surface area contributed by atoms with Gasteiger partial charge in [0.25, 0.3) is 0 Å². The average Bonchev–Trinajstić information content (AvgIpc) is 2.35. The quantitative estimate of drug-likeness (QED) is 0.513. The van der Waals surface area contributed by atoms with Gasteiger partial charge in [-0.05, 0) is 12.1 Å². The molecule has 0 unspecified atom stereocenters. The van der Waals surface area contributed by atoms with Gasteiger partial charge in [-0.15, -0.1) is 0 Å². The molecule has 2 aromatic carbocycles. The molecule has 0 fully saturated rings. The molecule has 5 heteroatoms. The predicted molar refractivity (Wildman–Crippen MR) is 68.8 cm³/mol. The number of fused-ring (bicyclic) bond motifs is 2. The summed E-state index contributed by atoms with van der Waals surface area (Å²) in [5.74, 6) is -1.40. The van der Waals surface area contributed by atoms with Gasteiger partial charge in [0.1, 0.15) is 11.5 Å². The molecule has 0 amide bonds. The number of hydrogen-bond donors (Lipinski definition) is 2. The van der Waals surface area contributed by atoms with Crippen LogP contribution >= 0.6 is 0 Å². The maximum atomic E-state index is 12.2. The molecule has 19 heavy (non-hydrogen) atoms. The second-order valence-corrected chi connectivity index (χ2v) is 4.06. The van der Waals surface area contributed by atoms with Gasteiger partial charge >= 0.3 is 0 Å². The van der Waals surface area contributed by atoms with Gasteiger partial charge in [-0.3, -0.25) is 9.59 Å². The van der Waals surface area contributed by atoms with Gasteiger partial charge in [0.2, 0.25) is 5.78 Å². The Hall–Kier alpha value is -1.70. The number of carbonyl (C=O) groups is 2. The summed E-state index contributed by atoms with van der Waals surface area (Å²) in [5, 5.41) is 19.4. The van der Waals surface area contributed by atoms with E-state index in [1.165, 1.54) is 36.4 Å². The molecule has 0 saturated carbocycles. The Morgan fingerprint density at radius 1 is 0.684 bits per heavy atom. The molecule has 3 rings (SSSR count). The van der Waals surface area contributed by atoms with Crippen LogP contribution in [-0.2, 0) is 0 Å². The summed E-state index contributed by atoms with van der Waals surface area (Å²) in [6, 6.07) is 8.68. The van der Waals surface area contributed by atoms with Crippen LogP contribution in [0.25, 0.3) is 0 Å². The Balaban J connectivity index is 0.00000133. The Morgan fingerprint density at radius 2 is 1.11 bits per heavy atom. The SMILES string of the molecule is O=C1c2cccc(O)c2C(=O)c2c(O)cccc21.[Pb]. The summed E-state index contributed by atoms with van der Waals surface area (Å²) < 4.78 is 0. The molecule has 2 N–H and O–H groups in total. The first-order chi connectivity index (χ1) is 8.61. The third-order valence-electron chi connectivity index (χ3n) is 3.03. The summed E-state index contributed by atoms with van der Waals surface area (Å²) in [6.07, 6.45) is 0. The van der Waals surface area contributed by atoms with Crippen molar-refractivity contribution in [3.8, 4) is 11.5 Å². The average molecular weight is 447 g/mol. The maximum Gasteiger partial charge on any atom is 0.201 e. The number of benzene rings is 2. The number of hydrogen-bond acceptors (Lipinski definition) is 4. The van der Waals surface area contributed by atoms with Crippen molar-refractivity contribution in [3.63, 3.8) is 0 Å². The largest absolute Gasteiger partial charge is 0.507 e. The maximum absolute atomic E-state index is 12.2. The number of rotatable bonds is 0. The Kier molecular flexibility index (Phi) is 3.44. The summed E-state index contributed by atoms with van der Waals surface area (Å²) in [5.41, 5.74) is 0.240. The fraction of sp³-hybridized carbons (Fsp3) is 0. The first-order valence-corrected chi connectivity index (χ1v) is 5.34. The number of ketones is 2. The second-order valence-electron chi connectivity index (χ2n) is 4.06. The van der Waals surface area contributed by atoms with Crippen LogP contribution in [0.2, 0.25) is 0 Å². The number of phenolic OH excluding ortho intramolecular Hbond substituents is 2. The van der Waals surface area contributed by atoms with Gasteiger partial charge in [-0.25, -0.2) is 0 Å². The van der Waals surface area contributed by atoms with Crippen molar-refractivity contribution in [1.82, 2.24) is 0 Å². The van der Waals surface area contributed by atoms with E-state index in [0.717, 1.165) is 0 Å². The standard InChI is InChI=1S/C14H8O4.Pb/c15-9-5-1-3-7-11(9)14(18)12-8(13(7)17)4-2-6-10(12)16;/h1-6,15-16H;. The molecule has 0 atom stereocenters. The van der Waals surface area contributed by atoms with E-state index in [-0.39, 0.29) is 66.8 Å². The molecular weight excluding hydrogens is 439 g/mol. The van der Waals surface area contributed by atoms with Crippen LogP contribution in [0.15, 0.2) is 36.4 Å². The first-order valence-electron chi connectivity index (χ1n) is 5.34. The van der Waals surface area contributed by atoms with Gasteiger partial charge in [0.05, 0.1) is 11.1 Å². The van der Waals surface area contributed by atoms with Crippen LogP contribution in [0, 0.1) is 0 Å². The fourth-order valence-electron chi connectivity index (χ4n) is 2.21. The molecule has 0 saturated heterocycles. The summed E-state index contributed by atoms with van der Waals surface area (Å²) in [4.78, 5) is 24.4. The van der Waals surface area contributed by atoms with Gasteiger partial charge < -0.3 is 10.2 Å². The fourth-order valence-corrected chi connectivity index (χ4v) is 2.21. The molecule has 92 valence electrons. The van der Waals surface area contributed by atoms with Crippen LogP contribution in [0.3, 0.4) is 0 Å². The van der Waals surface area contributed by atoms with Gasteiger partial charge in [-0.1, -0.05) is 24.3 Å². The molecule has 0 heterocycles. The third-order valence-corrected chi connectivity index (χ3v) is 3.03. The normalized spacial score (nSPS) is 12.4. The summed E-state index contributed by atoms with van der Waals surface area (Å²) in [7, 11) is 0. The van der Waals surface area contributed by atoms with E-state index in [1.807, 2.05) is 0 Å². The van der Waals surface area contributed by atoms with Crippen molar-refractivity contribution in [2.24, 2.45) is 0 Å². The van der Waals surface area contributed by atoms with Crippen LogP contribution in [0.5, 0.6) is 11.5 Å². The number of carbonyl (C=O) groups excluding carboxylic acids is 2. The predicted octanol–water partition coefficient (Wildman–Crippen LogP) is 1.49. The van der Waals surface area contributed by atoms with E-state index in [4.69, 9.17) is 0 Å². The van der Waals surface area contributed by atoms with Gasteiger partial charge in [0, 0.05) is 38.4 Å². The molecule has 0 spiro atoms. The Labute approximate surface area is 128 Å². The number of phenols is 2. The third kappa shape index (κ3) is 1.86. The van der Waals surface area contributed by atoms with Gasteiger partial charge in [-0.2, -0.15) is 0 Å². The zero-order chi connectivity index (χ0) is 12.9. The van der Waals surface area contributed by atoms with E-state index in [9.17, 15) is 19.8 Å². The Bertz CT molecular complexity index is 649. The molecule has 0 aliphatic heterocycles. The second kappa shape index (κ2) is 4.77. The summed E-state index contributed by atoms with van der Waals surface area (Å²) in [6.45, 7) is 0. The minimum Gasteiger partial charge on any atom is -0.507 e. The molecule has 4 nitrogen and oxygen atoms in total. The van der Waals surface area contributed by atoms with Crippen LogP contribution < -0.4 is 0 Å². The van der Waals surface area contributed by atoms with E-state index in [0.29, 0.717) is 0 Å². The van der Waals surface area contributed by atoms with E-state index in [1.54, 1.807) is 0 Å².